The van der Waals surface area contributed by atoms with Gasteiger partial charge >= 0.3 is 0 Å². The summed E-state index contributed by atoms with van der Waals surface area (Å²) in [6.07, 6.45) is 0. The summed E-state index contributed by atoms with van der Waals surface area (Å²) >= 11 is 3.12. The van der Waals surface area contributed by atoms with E-state index in [1.165, 1.54) is 6.07 Å². The van der Waals surface area contributed by atoms with E-state index in [2.05, 4.69) is 21.2 Å². The number of halogens is 3. The SMILES string of the molecule is CCNCc1ccccc1Oc1cc(Br)cc(F)c1F. The van der Waals surface area contributed by atoms with Crippen molar-refractivity contribution >= 4 is 15.9 Å². The van der Waals surface area contributed by atoms with Gasteiger partial charge in [-0.05, 0) is 24.7 Å². The molecule has 0 aliphatic carbocycles. The van der Waals surface area contributed by atoms with Crippen LogP contribution in [0.5, 0.6) is 11.5 Å². The summed E-state index contributed by atoms with van der Waals surface area (Å²) in [6.45, 7) is 3.41. The van der Waals surface area contributed by atoms with Gasteiger partial charge in [-0.3, -0.25) is 0 Å². The molecule has 5 heteroatoms. The van der Waals surface area contributed by atoms with Crippen molar-refractivity contribution < 1.29 is 13.5 Å². The molecule has 2 rings (SSSR count). The zero-order valence-electron chi connectivity index (χ0n) is 10.9. The van der Waals surface area contributed by atoms with Gasteiger partial charge in [-0.15, -0.1) is 0 Å². The Labute approximate surface area is 124 Å². The van der Waals surface area contributed by atoms with Crippen LogP contribution in [0.2, 0.25) is 0 Å². The molecule has 0 atom stereocenters. The first-order valence-corrected chi connectivity index (χ1v) is 7.02. The van der Waals surface area contributed by atoms with Crippen molar-refractivity contribution in [3.63, 3.8) is 0 Å². The first kappa shape index (κ1) is 14.9. The fourth-order valence-corrected chi connectivity index (χ4v) is 2.14. The van der Waals surface area contributed by atoms with Crippen LogP contribution >= 0.6 is 15.9 Å². The number of hydrogen-bond acceptors (Lipinski definition) is 2. The molecule has 0 amide bonds. The molecular weight excluding hydrogens is 328 g/mol. The van der Waals surface area contributed by atoms with E-state index in [9.17, 15) is 8.78 Å². The predicted molar refractivity (Wildman–Crippen MR) is 78.0 cm³/mol. The number of benzene rings is 2. The van der Waals surface area contributed by atoms with E-state index in [4.69, 9.17) is 4.74 Å². The summed E-state index contributed by atoms with van der Waals surface area (Å²) in [7, 11) is 0. The standard InChI is InChI=1S/C15H14BrF2NO/c1-2-19-9-10-5-3-4-6-13(10)20-14-8-11(16)7-12(17)15(14)18/h3-8,19H,2,9H2,1H3. The molecule has 2 nitrogen and oxygen atoms in total. The molecule has 0 heterocycles. The maximum absolute atomic E-state index is 13.7. The quantitative estimate of drug-likeness (QED) is 0.800. The van der Waals surface area contributed by atoms with Crippen LogP contribution in [0.25, 0.3) is 0 Å². The molecule has 1 N–H and O–H groups in total. The van der Waals surface area contributed by atoms with Gasteiger partial charge in [0, 0.05) is 16.6 Å². The van der Waals surface area contributed by atoms with Crippen molar-refractivity contribution in [1.29, 1.82) is 0 Å². The minimum absolute atomic E-state index is 0.138. The Hall–Kier alpha value is -1.46. The minimum atomic E-state index is -0.994. The van der Waals surface area contributed by atoms with E-state index in [0.717, 1.165) is 18.2 Å². The molecule has 0 aliphatic heterocycles. The van der Waals surface area contributed by atoms with Crippen LogP contribution in [0.15, 0.2) is 40.9 Å². The van der Waals surface area contributed by atoms with Gasteiger partial charge in [-0.2, -0.15) is 4.39 Å². The van der Waals surface area contributed by atoms with Crippen LogP contribution in [0.4, 0.5) is 8.78 Å². The number of para-hydroxylation sites is 1. The summed E-state index contributed by atoms with van der Waals surface area (Å²) in [5.74, 6) is -1.57. The summed E-state index contributed by atoms with van der Waals surface area (Å²) < 4.78 is 33.0. The van der Waals surface area contributed by atoms with Crippen LogP contribution in [0.1, 0.15) is 12.5 Å². The number of hydrogen-bond donors (Lipinski definition) is 1. The minimum Gasteiger partial charge on any atom is -0.454 e. The fourth-order valence-electron chi connectivity index (χ4n) is 1.73. The smallest absolute Gasteiger partial charge is 0.201 e. The molecule has 2 aromatic carbocycles. The molecule has 0 radical (unpaired) electrons. The highest BCUT2D eigenvalue weighted by molar-refractivity contribution is 9.10. The Morgan fingerprint density at radius 2 is 1.90 bits per heavy atom. The third-order valence-corrected chi connectivity index (χ3v) is 3.18. The van der Waals surface area contributed by atoms with E-state index < -0.39 is 11.6 Å². The lowest BCUT2D eigenvalue weighted by Crippen LogP contribution is -2.12. The third-order valence-electron chi connectivity index (χ3n) is 2.72. The van der Waals surface area contributed by atoms with Gasteiger partial charge in [0.05, 0.1) is 0 Å². The Kier molecular flexibility index (Phi) is 5.09. The topological polar surface area (TPSA) is 21.3 Å². The van der Waals surface area contributed by atoms with Gasteiger partial charge in [0.1, 0.15) is 5.75 Å². The van der Waals surface area contributed by atoms with Gasteiger partial charge in [-0.1, -0.05) is 41.1 Å². The Balaban J connectivity index is 2.30. The molecule has 2 aromatic rings. The van der Waals surface area contributed by atoms with Crippen LogP contribution in [0, 0.1) is 11.6 Å². The molecule has 0 saturated carbocycles. The number of nitrogens with one attached hydrogen (secondary N) is 1. The van der Waals surface area contributed by atoms with Crippen LogP contribution in [0.3, 0.4) is 0 Å². The highest BCUT2D eigenvalue weighted by Gasteiger charge is 2.13. The fraction of sp³-hybridized carbons (Fsp3) is 0.200. The summed E-state index contributed by atoms with van der Waals surface area (Å²) in [5.41, 5.74) is 0.883. The lowest BCUT2D eigenvalue weighted by molar-refractivity contribution is 0.411. The summed E-state index contributed by atoms with van der Waals surface area (Å²) in [6, 6.07) is 9.73. The first-order valence-electron chi connectivity index (χ1n) is 6.23. The largest absolute Gasteiger partial charge is 0.454 e. The first-order chi connectivity index (χ1) is 9.61. The molecule has 20 heavy (non-hydrogen) atoms. The van der Waals surface area contributed by atoms with E-state index in [-0.39, 0.29) is 5.75 Å². The maximum Gasteiger partial charge on any atom is 0.201 e. The molecular formula is C15H14BrF2NO. The monoisotopic (exact) mass is 341 g/mol. The van der Waals surface area contributed by atoms with Crippen molar-refractivity contribution in [2.24, 2.45) is 0 Å². The van der Waals surface area contributed by atoms with Gasteiger partial charge in [0.2, 0.25) is 5.82 Å². The Morgan fingerprint density at radius 1 is 1.15 bits per heavy atom. The van der Waals surface area contributed by atoms with E-state index in [1.807, 2.05) is 19.1 Å². The Bertz CT molecular complexity index is 604. The van der Waals surface area contributed by atoms with Crippen LogP contribution < -0.4 is 10.1 Å². The predicted octanol–water partition coefficient (Wildman–Crippen LogP) is 4.63. The van der Waals surface area contributed by atoms with E-state index in [1.54, 1.807) is 12.1 Å². The van der Waals surface area contributed by atoms with Gasteiger partial charge in [-0.25, -0.2) is 4.39 Å². The van der Waals surface area contributed by atoms with Crippen LogP contribution in [-0.4, -0.2) is 6.54 Å². The lowest BCUT2D eigenvalue weighted by Gasteiger charge is -2.12. The lowest BCUT2D eigenvalue weighted by atomic mass is 10.2. The number of rotatable bonds is 5. The van der Waals surface area contributed by atoms with Gasteiger partial charge in [0.25, 0.3) is 0 Å². The second-order valence-electron chi connectivity index (χ2n) is 4.19. The average molecular weight is 342 g/mol. The molecule has 0 aliphatic rings. The molecule has 0 aromatic heterocycles. The zero-order valence-corrected chi connectivity index (χ0v) is 12.5. The molecule has 0 spiro atoms. The van der Waals surface area contributed by atoms with Gasteiger partial charge < -0.3 is 10.1 Å². The summed E-state index contributed by atoms with van der Waals surface area (Å²) in [5, 5.41) is 3.17. The molecule has 106 valence electrons. The molecule has 0 bridgehead atoms. The van der Waals surface area contributed by atoms with Crippen molar-refractivity contribution in [2.75, 3.05) is 6.54 Å². The average Bonchev–Trinajstić information content (AvgIpc) is 2.43. The Morgan fingerprint density at radius 3 is 2.65 bits per heavy atom. The highest BCUT2D eigenvalue weighted by Crippen LogP contribution is 2.31. The molecule has 0 saturated heterocycles. The second-order valence-corrected chi connectivity index (χ2v) is 5.11. The number of ether oxygens (including phenoxy) is 1. The van der Waals surface area contributed by atoms with E-state index >= 15 is 0 Å². The molecule has 0 unspecified atom stereocenters. The van der Waals surface area contributed by atoms with E-state index in [0.29, 0.717) is 16.8 Å². The van der Waals surface area contributed by atoms with Crippen molar-refractivity contribution in [1.82, 2.24) is 5.32 Å². The summed E-state index contributed by atoms with van der Waals surface area (Å²) in [4.78, 5) is 0. The maximum atomic E-state index is 13.7. The third kappa shape index (κ3) is 3.55. The highest BCUT2D eigenvalue weighted by atomic mass is 79.9. The molecule has 0 fully saturated rings. The van der Waals surface area contributed by atoms with Crippen molar-refractivity contribution in [3.05, 3.63) is 58.1 Å². The zero-order chi connectivity index (χ0) is 14.5. The normalized spacial score (nSPS) is 10.6. The second kappa shape index (κ2) is 6.81. The van der Waals surface area contributed by atoms with Crippen LogP contribution in [-0.2, 0) is 6.54 Å². The van der Waals surface area contributed by atoms with Crippen molar-refractivity contribution in [2.45, 2.75) is 13.5 Å². The van der Waals surface area contributed by atoms with Gasteiger partial charge in [0.15, 0.2) is 11.6 Å². The van der Waals surface area contributed by atoms with Crippen molar-refractivity contribution in [3.8, 4) is 11.5 Å².